The molecule has 0 radical (unpaired) electrons. The third-order valence-corrected chi connectivity index (χ3v) is 4.32. The predicted molar refractivity (Wildman–Crippen MR) is 81.3 cm³/mol. The van der Waals surface area contributed by atoms with Crippen molar-refractivity contribution >= 4 is 5.91 Å². The summed E-state index contributed by atoms with van der Waals surface area (Å²) in [6.07, 6.45) is 0.755. The van der Waals surface area contributed by atoms with E-state index < -0.39 is 0 Å². The molecule has 2 fully saturated rings. The lowest BCUT2D eigenvalue weighted by Crippen LogP contribution is -2.58. The van der Waals surface area contributed by atoms with E-state index in [0.29, 0.717) is 19.2 Å². The first kappa shape index (κ1) is 16.7. The van der Waals surface area contributed by atoms with E-state index in [-0.39, 0.29) is 12.0 Å². The van der Waals surface area contributed by atoms with Crippen LogP contribution >= 0.6 is 0 Å². The second kappa shape index (κ2) is 8.68. The summed E-state index contributed by atoms with van der Waals surface area (Å²) in [5.74, 6) is 0.144. The quantitative estimate of drug-likeness (QED) is 0.696. The minimum Gasteiger partial charge on any atom is -0.380 e. The Kier molecular flexibility index (Phi) is 6.89. The van der Waals surface area contributed by atoms with Crippen molar-refractivity contribution in [1.82, 2.24) is 15.1 Å². The number of hydrogen-bond donors (Lipinski definition) is 1. The van der Waals surface area contributed by atoms with Gasteiger partial charge in [-0.15, -0.1) is 0 Å². The molecule has 2 aliphatic rings. The first-order valence-electron chi connectivity index (χ1n) is 8.19. The number of nitrogens with zero attached hydrogens (tertiary/aromatic N) is 2. The van der Waals surface area contributed by atoms with Crippen LogP contribution in [0.1, 0.15) is 20.3 Å². The van der Waals surface area contributed by atoms with Gasteiger partial charge in [0.15, 0.2) is 0 Å². The molecule has 2 rings (SSSR count). The highest BCUT2D eigenvalue weighted by molar-refractivity contribution is 5.81. The Morgan fingerprint density at radius 2 is 2.24 bits per heavy atom. The Hall–Kier alpha value is -0.690. The molecule has 6 heteroatoms. The summed E-state index contributed by atoms with van der Waals surface area (Å²) in [6, 6.07) is 0.430. The van der Waals surface area contributed by atoms with Gasteiger partial charge in [0.25, 0.3) is 5.91 Å². The maximum absolute atomic E-state index is 12.5. The third kappa shape index (κ3) is 4.64. The third-order valence-electron chi connectivity index (χ3n) is 4.32. The van der Waals surface area contributed by atoms with Gasteiger partial charge in [-0.1, -0.05) is 6.92 Å². The van der Waals surface area contributed by atoms with Gasteiger partial charge in [0.05, 0.1) is 13.2 Å². The molecule has 122 valence electrons. The summed E-state index contributed by atoms with van der Waals surface area (Å²) < 4.78 is 11.0. The van der Waals surface area contributed by atoms with Gasteiger partial charge in [-0.05, 0) is 13.3 Å². The van der Waals surface area contributed by atoms with Crippen LogP contribution in [0, 0.1) is 0 Å². The van der Waals surface area contributed by atoms with Crippen molar-refractivity contribution in [3.8, 4) is 0 Å². The SMILES string of the molecule is CCOCCN1CCN(C(=O)C2CNCCO2)CC1CC. The minimum atomic E-state index is -0.300. The van der Waals surface area contributed by atoms with Crippen LogP contribution in [0.25, 0.3) is 0 Å². The highest BCUT2D eigenvalue weighted by Gasteiger charge is 2.32. The van der Waals surface area contributed by atoms with E-state index in [4.69, 9.17) is 9.47 Å². The van der Waals surface area contributed by atoms with Gasteiger partial charge in [0.1, 0.15) is 6.10 Å². The Labute approximate surface area is 127 Å². The molecule has 0 saturated carbocycles. The van der Waals surface area contributed by atoms with Crippen molar-refractivity contribution in [2.75, 3.05) is 59.1 Å². The molecule has 0 aromatic heterocycles. The molecular formula is C15H29N3O3. The molecule has 1 amide bonds. The lowest BCUT2D eigenvalue weighted by atomic mass is 10.1. The summed E-state index contributed by atoms with van der Waals surface area (Å²) in [6.45, 7) is 11.3. The van der Waals surface area contributed by atoms with Gasteiger partial charge < -0.3 is 19.7 Å². The Balaban J connectivity index is 1.83. The lowest BCUT2D eigenvalue weighted by Gasteiger charge is -2.42. The van der Waals surface area contributed by atoms with Crippen molar-refractivity contribution < 1.29 is 14.3 Å². The van der Waals surface area contributed by atoms with E-state index in [1.165, 1.54) is 0 Å². The van der Waals surface area contributed by atoms with Gasteiger partial charge in [-0.2, -0.15) is 0 Å². The molecule has 0 aromatic carbocycles. The fourth-order valence-corrected chi connectivity index (χ4v) is 3.03. The Morgan fingerprint density at radius 1 is 1.38 bits per heavy atom. The fraction of sp³-hybridized carbons (Fsp3) is 0.933. The van der Waals surface area contributed by atoms with Crippen LogP contribution in [0.15, 0.2) is 0 Å². The topological polar surface area (TPSA) is 54.0 Å². The number of carbonyl (C=O) groups excluding carboxylic acids is 1. The molecule has 0 aliphatic carbocycles. The average molecular weight is 299 g/mol. The van der Waals surface area contributed by atoms with Crippen LogP contribution in [0.2, 0.25) is 0 Å². The summed E-state index contributed by atoms with van der Waals surface area (Å²) in [5, 5.41) is 3.22. The first-order valence-corrected chi connectivity index (χ1v) is 8.19. The van der Waals surface area contributed by atoms with Crippen molar-refractivity contribution in [3.63, 3.8) is 0 Å². The molecule has 2 heterocycles. The second-order valence-electron chi connectivity index (χ2n) is 5.64. The van der Waals surface area contributed by atoms with Crippen molar-refractivity contribution in [2.24, 2.45) is 0 Å². The first-order chi connectivity index (χ1) is 10.3. The summed E-state index contributed by atoms with van der Waals surface area (Å²) in [7, 11) is 0. The average Bonchev–Trinajstić information content (AvgIpc) is 2.55. The maximum atomic E-state index is 12.5. The number of amides is 1. The predicted octanol–water partition coefficient (Wildman–Crippen LogP) is -0.0659. The lowest BCUT2D eigenvalue weighted by molar-refractivity contribution is -0.148. The van der Waals surface area contributed by atoms with Crippen LogP contribution in [0.3, 0.4) is 0 Å². The molecule has 2 atom stereocenters. The summed E-state index contributed by atoms with van der Waals surface area (Å²) in [5.41, 5.74) is 0. The van der Waals surface area contributed by atoms with Crippen molar-refractivity contribution in [2.45, 2.75) is 32.4 Å². The normalized spacial score (nSPS) is 27.8. The molecule has 0 bridgehead atoms. The minimum absolute atomic E-state index is 0.144. The molecule has 2 saturated heterocycles. The van der Waals surface area contributed by atoms with Crippen LogP contribution in [-0.2, 0) is 14.3 Å². The van der Waals surface area contributed by atoms with E-state index in [1.807, 2.05) is 11.8 Å². The zero-order valence-corrected chi connectivity index (χ0v) is 13.3. The number of morpholine rings is 1. The maximum Gasteiger partial charge on any atom is 0.253 e. The Bertz CT molecular complexity index is 321. The smallest absolute Gasteiger partial charge is 0.253 e. The van der Waals surface area contributed by atoms with E-state index >= 15 is 0 Å². The van der Waals surface area contributed by atoms with Gasteiger partial charge in [0, 0.05) is 51.9 Å². The van der Waals surface area contributed by atoms with E-state index in [2.05, 4.69) is 17.1 Å². The van der Waals surface area contributed by atoms with Gasteiger partial charge >= 0.3 is 0 Å². The monoisotopic (exact) mass is 299 g/mol. The van der Waals surface area contributed by atoms with E-state index in [0.717, 1.165) is 52.4 Å². The Morgan fingerprint density at radius 3 is 2.90 bits per heavy atom. The van der Waals surface area contributed by atoms with E-state index in [9.17, 15) is 4.79 Å². The van der Waals surface area contributed by atoms with Crippen molar-refractivity contribution in [3.05, 3.63) is 0 Å². The van der Waals surface area contributed by atoms with Gasteiger partial charge in [0.2, 0.25) is 0 Å². The number of ether oxygens (including phenoxy) is 2. The number of piperazine rings is 1. The molecule has 2 aliphatic heterocycles. The van der Waals surface area contributed by atoms with Crippen LogP contribution in [0.4, 0.5) is 0 Å². The highest BCUT2D eigenvalue weighted by atomic mass is 16.5. The second-order valence-corrected chi connectivity index (χ2v) is 5.64. The molecule has 2 unspecified atom stereocenters. The van der Waals surface area contributed by atoms with Gasteiger partial charge in [-0.3, -0.25) is 9.69 Å². The molecule has 0 aromatic rings. The van der Waals surface area contributed by atoms with Crippen molar-refractivity contribution in [1.29, 1.82) is 0 Å². The zero-order valence-electron chi connectivity index (χ0n) is 13.3. The van der Waals surface area contributed by atoms with E-state index in [1.54, 1.807) is 0 Å². The summed E-state index contributed by atoms with van der Waals surface area (Å²) in [4.78, 5) is 16.9. The molecule has 21 heavy (non-hydrogen) atoms. The molecule has 0 spiro atoms. The largest absolute Gasteiger partial charge is 0.380 e. The van der Waals surface area contributed by atoms with Crippen LogP contribution < -0.4 is 5.32 Å². The van der Waals surface area contributed by atoms with Crippen LogP contribution in [-0.4, -0.2) is 86.9 Å². The van der Waals surface area contributed by atoms with Crippen LogP contribution in [0.5, 0.6) is 0 Å². The fourth-order valence-electron chi connectivity index (χ4n) is 3.03. The molecule has 6 nitrogen and oxygen atoms in total. The number of nitrogens with one attached hydrogen (secondary N) is 1. The summed E-state index contributed by atoms with van der Waals surface area (Å²) >= 11 is 0. The molecule has 1 N–H and O–H groups in total. The number of rotatable bonds is 6. The van der Waals surface area contributed by atoms with Gasteiger partial charge in [-0.25, -0.2) is 0 Å². The highest BCUT2D eigenvalue weighted by Crippen LogP contribution is 2.14. The number of carbonyl (C=O) groups is 1. The number of hydrogen-bond acceptors (Lipinski definition) is 5. The zero-order chi connectivity index (χ0) is 15.1. The molecular weight excluding hydrogens is 270 g/mol. The standard InChI is InChI=1S/C15H29N3O3/c1-3-13-12-18(7-6-17(13)8-10-20-4-2)15(19)14-11-16-5-9-21-14/h13-14,16H,3-12H2,1-2H3.